The monoisotopic (exact) mass is 224 g/mol. The van der Waals surface area contributed by atoms with E-state index in [2.05, 4.69) is 51.6 Å². The van der Waals surface area contributed by atoms with E-state index in [1.165, 1.54) is 11.1 Å². The van der Waals surface area contributed by atoms with E-state index in [0.717, 1.165) is 17.9 Å². The van der Waals surface area contributed by atoms with Gasteiger partial charge in [-0.25, -0.2) is 0 Å². The third-order valence-corrected chi connectivity index (χ3v) is 2.75. The quantitative estimate of drug-likeness (QED) is 0.774. The smallest absolute Gasteiger partial charge is 0.122 e. The first-order chi connectivity index (χ1) is 6.99. The largest absolute Gasteiger partial charge is 0.496 e. The highest BCUT2D eigenvalue weighted by molar-refractivity contribution is 7.80. The maximum absolute atomic E-state index is 5.33. The van der Waals surface area contributed by atoms with Crippen molar-refractivity contribution in [2.45, 2.75) is 32.6 Å². The summed E-state index contributed by atoms with van der Waals surface area (Å²) in [6, 6.07) is 6.43. The summed E-state index contributed by atoms with van der Waals surface area (Å²) in [7, 11) is 1.72. The van der Waals surface area contributed by atoms with E-state index in [0.29, 0.717) is 0 Å². The van der Waals surface area contributed by atoms with Crippen LogP contribution in [-0.4, -0.2) is 12.9 Å². The molecule has 0 N–H and O–H groups in total. The summed E-state index contributed by atoms with van der Waals surface area (Å²) in [4.78, 5) is 0. The summed E-state index contributed by atoms with van der Waals surface area (Å²) >= 11 is 4.27. The normalized spacial score (nSPS) is 11.5. The Hall–Kier alpha value is -0.630. The summed E-state index contributed by atoms with van der Waals surface area (Å²) in [6.45, 7) is 6.66. The van der Waals surface area contributed by atoms with Crippen LogP contribution in [-0.2, 0) is 11.8 Å². The molecule has 1 rings (SSSR count). The molecule has 0 aliphatic heterocycles. The van der Waals surface area contributed by atoms with Gasteiger partial charge in [0.2, 0.25) is 0 Å². The van der Waals surface area contributed by atoms with E-state index in [9.17, 15) is 0 Å². The van der Waals surface area contributed by atoms with E-state index < -0.39 is 0 Å². The number of ether oxygens (including phenoxy) is 1. The second-order valence-electron chi connectivity index (χ2n) is 4.75. The number of benzene rings is 1. The van der Waals surface area contributed by atoms with Gasteiger partial charge in [0.15, 0.2) is 0 Å². The van der Waals surface area contributed by atoms with Crippen molar-refractivity contribution in [3.63, 3.8) is 0 Å². The maximum atomic E-state index is 5.33. The first-order valence-corrected chi connectivity index (χ1v) is 5.90. The summed E-state index contributed by atoms with van der Waals surface area (Å²) in [5.74, 6) is 1.82. The van der Waals surface area contributed by atoms with Gasteiger partial charge >= 0.3 is 0 Å². The zero-order chi connectivity index (χ0) is 11.5. The van der Waals surface area contributed by atoms with Crippen molar-refractivity contribution in [1.29, 1.82) is 0 Å². The third-order valence-electron chi connectivity index (χ3n) is 2.53. The predicted octanol–water partition coefficient (Wildman–Crippen LogP) is 3.47. The zero-order valence-electron chi connectivity index (χ0n) is 10.0. The Morgan fingerprint density at radius 2 is 1.93 bits per heavy atom. The lowest BCUT2D eigenvalue weighted by atomic mass is 9.86. The molecule has 0 radical (unpaired) electrons. The Morgan fingerprint density at radius 3 is 2.40 bits per heavy atom. The fraction of sp³-hybridized carbons (Fsp3) is 0.538. The molecule has 84 valence electrons. The van der Waals surface area contributed by atoms with Crippen molar-refractivity contribution in [3.8, 4) is 5.75 Å². The number of rotatable bonds is 3. The van der Waals surface area contributed by atoms with Gasteiger partial charge in [0.1, 0.15) is 5.75 Å². The van der Waals surface area contributed by atoms with Gasteiger partial charge in [-0.1, -0.05) is 32.9 Å². The van der Waals surface area contributed by atoms with Gasteiger partial charge in [-0.15, -0.1) is 0 Å². The zero-order valence-corrected chi connectivity index (χ0v) is 10.9. The highest BCUT2D eigenvalue weighted by Crippen LogP contribution is 2.28. The van der Waals surface area contributed by atoms with Crippen LogP contribution in [0.4, 0.5) is 0 Å². The maximum Gasteiger partial charge on any atom is 0.122 e. The molecule has 1 nitrogen and oxygen atoms in total. The van der Waals surface area contributed by atoms with Crippen LogP contribution < -0.4 is 4.74 Å². The molecular weight excluding hydrogens is 204 g/mol. The van der Waals surface area contributed by atoms with Crippen LogP contribution in [0, 0.1) is 0 Å². The Kier molecular flexibility index (Phi) is 4.09. The average Bonchev–Trinajstić information content (AvgIpc) is 2.17. The summed E-state index contributed by atoms with van der Waals surface area (Å²) in [6.07, 6.45) is 0.955. The molecule has 15 heavy (non-hydrogen) atoms. The molecule has 0 heterocycles. The summed E-state index contributed by atoms with van der Waals surface area (Å²) < 4.78 is 5.33. The van der Waals surface area contributed by atoms with Crippen molar-refractivity contribution in [3.05, 3.63) is 29.3 Å². The van der Waals surface area contributed by atoms with Crippen LogP contribution in [0.3, 0.4) is 0 Å². The first kappa shape index (κ1) is 12.4. The lowest BCUT2D eigenvalue weighted by Gasteiger charge is -2.21. The van der Waals surface area contributed by atoms with Gasteiger partial charge in [0.25, 0.3) is 0 Å². The molecular formula is C13H20OS. The highest BCUT2D eigenvalue weighted by atomic mass is 32.1. The molecule has 0 saturated heterocycles. The fourth-order valence-corrected chi connectivity index (χ4v) is 1.80. The van der Waals surface area contributed by atoms with Crippen LogP contribution >= 0.6 is 12.6 Å². The third kappa shape index (κ3) is 3.16. The van der Waals surface area contributed by atoms with Crippen molar-refractivity contribution < 1.29 is 4.74 Å². The van der Waals surface area contributed by atoms with Crippen molar-refractivity contribution in [1.82, 2.24) is 0 Å². The molecule has 0 aliphatic rings. The number of thiol groups is 1. The molecule has 2 heteroatoms. The lowest BCUT2D eigenvalue weighted by molar-refractivity contribution is 0.409. The van der Waals surface area contributed by atoms with Gasteiger partial charge in [-0.3, -0.25) is 0 Å². The Morgan fingerprint density at radius 1 is 1.27 bits per heavy atom. The van der Waals surface area contributed by atoms with E-state index in [-0.39, 0.29) is 5.41 Å². The predicted molar refractivity (Wildman–Crippen MR) is 69.3 cm³/mol. The Bertz CT molecular complexity index is 326. The van der Waals surface area contributed by atoms with Gasteiger partial charge < -0.3 is 4.74 Å². The van der Waals surface area contributed by atoms with E-state index in [1.807, 2.05) is 0 Å². The first-order valence-electron chi connectivity index (χ1n) is 5.27. The van der Waals surface area contributed by atoms with E-state index in [1.54, 1.807) is 7.11 Å². The molecule has 1 aromatic carbocycles. The topological polar surface area (TPSA) is 9.23 Å². The average molecular weight is 224 g/mol. The Labute approximate surface area is 98.3 Å². The second-order valence-corrected chi connectivity index (χ2v) is 5.20. The van der Waals surface area contributed by atoms with Crippen molar-refractivity contribution >= 4 is 12.6 Å². The molecule has 0 atom stereocenters. The summed E-state index contributed by atoms with van der Waals surface area (Å²) in [5, 5.41) is 0. The minimum atomic E-state index is 0.192. The molecule has 0 aliphatic carbocycles. The van der Waals surface area contributed by atoms with Gasteiger partial charge in [0, 0.05) is 0 Å². The second kappa shape index (κ2) is 4.93. The molecule has 0 amide bonds. The standard InChI is InChI=1S/C13H20OS/c1-13(2,3)11-5-6-12(14-4)10(9-11)7-8-15/h5-6,9,15H,7-8H2,1-4H3. The Balaban J connectivity index is 3.10. The molecule has 0 aromatic heterocycles. The molecule has 0 bridgehead atoms. The van der Waals surface area contributed by atoms with E-state index >= 15 is 0 Å². The van der Waals surface area contributed by atoms with Gasteiger partial charge in [-0.05, 0) is 34.8 Å². The molecule has 0 saturated carbocycles. The minimum Gasteiger partial charge on any atom is -0.496 e. The van der Waals surface area contributed by atoms with Crippen LogP contribution in [0.1, 0.15) is 31.9 Å². The number of aryl methyl sites for hydroxylation is 1. The van der Waals surface area contributed by atoms with Crippen LogP contribution in [0.25, 0.3) is 0 Å². The minimum absolute atomic E-state index is 0.192. The highest BCUT2D eigenvalue weighted by Gasteiger charge is 2.15. The van der Waals surface area contributed by atoms with Crippen molar-refractivity contribution in [2.75, 3.05) is 12.9 Å². The van der Waals surface area contributed by atoms with Gasteiger partial charge in [-0.2, -0.15) is 12.6 Å². The van der Waals surface area contributed by atoms with Crippen LogP contribution in [0.15, 0.2) is 18.2 Å². The lowest BCUT2D eigenvalue weighted by Crippen LogP contribution is -2.11. The van der Waals surface area contributed by atoms with E-state index in [4.69, 9.17) is 4.74 Å². The molecule has 1 aromatic rings. The molecule has 0 unspecified atom stereocenters. The number of methoxy groups -OCH3 is 1. The molecule has 0 spiro atoms. The summed E-state index contributed by atoms with van der Waals surface area (Å²) in [5.41, 5.74) is 2.79. The number of hydrogen-bond acceptors (Lipinski definition) is 2. The van der Waals surface area contributed by atoms with Crippen molar-refractivity contribution in [2.24, 2.45) is 0 Å². The number of hydrogen-bond donors (Lipinski definition) is 1. The van der Waals surface area contributed by atoms with Crippen LogP contribution in [0.5, 0.6) is 5.75 Å². The molecule has 0 fully saturated rings. The van der Waals surface area contributed by atoms with Gasteiger partial charge in [0.05, 0.1) is 7.11 Å². The fourth-order valence-electron chi connectivity index (χ4n) is 1.56. The van der Waals surface area contributed by atoms with Crippen LogP contribution in [0.2, 0.25) is 0 Å². The SMILES string of the molecule is COc1ccc(C(C)(C)C)cc1CCS.